The molecular weight excluding hydrogens is 469 g/mol. The van der Waals surface area contributed by atoms with Crippen LogP contribution in [0.4, 0.5) is 0 Å². The first-order valence-electron chi connectivity index (χ1n) is 9.35. The molecular formula is C18H21Cl2N5O5S. The molecule has 1 aromatic heterocycles. The Morgan fingerprint density at radius 1 is 1.26 bits per heavy atom. The molecule has 13 heteroatoms. The van der Waals surface area contributed by atoms with Gasteiger partial charge in [0.15, 0.2) is 11.9 Å². The Bertz CT molecular complexity index is 1090. The molecule has 0 aliphatic carbocycles. The van der Waals surface area contributed by atoms with Crippen molar-refractivity contribution in [1.29, 1.82) is 0 Å². The Labute approximate surface area is 189 Å². The van der Waals surface area contributed by atoms with Gasteiger partial charge in [-0.25, -0.2) is 8.42 Å². The predicted molar refractivity (Wildman–Crippen MR) is 113 cm³/mol. The number of nitrogens with zero attached hydrogens (tertiary/aromatic N) is 3. The van der Waals surface area contributed by atoms with Crippen LogP contribution in [0.15, 0.2) is 33.7 Å². The molecule has 1 atom stereocenters. The van der Waals surface area contributed by atoms with Crippen LogP contribution < -0.4 is 11.1 Å². The minimum atomic E-state index is -4.20. The van der Waals surface area contributed by atoms with Crippen LogP contribution in [0.2, 0.25) is 10.0 Å². The van der Waals surface area contributed by atoms with Gasteiger partial charge in [-0.15, -0.1) is 0 Å². The lowest BCUT2D eigenvalue weighted by Crippen LogP contribution is -2.63. The van der Waals surface area contributed by atoms with E-state index in [9.17, 15) is 18.0 Å². The molecule has 0 saturated carbocycles. The number of rotatable bonds is 6. The summed E-state index contributed by atoms with van der Waals surface area (Å²) in [6, 6.07) is 5.27. The Kier molecular flexibility index (Phi) is 7.22. The van der Waals surface area contributed by atoms with E-state index in [1.54, 1.807) is 6.92 Å². The highest BCUT2D eigenvalue weighted by atomic mass is 35.5. The minimum Gasteiger partial charge on any atom is -0.361 e. The Hall–Kier alpha value is -2.18. The van der Waals surface area contributed by atoms with Gasteiger partial charge in [0.2, 0.25) is 10.0 Å². The van der Waals surface area contributed by atoms with Crippen molar-refractivity contribution in [2.75, 3.05) is 26.2 Å². The van der Waals surface area contributed by atoms with E-state index in [1.165, 1.54) is 24.3 Å². The summed E-state index contributed by atoms with van der Waals surface area (Å²) in [5.41, 5.74) is 5.44. The third-order valence-corrected chi connectivity index (χ3v) is 7.22. The third kappa shape index (κ3) is 4.85. The fourth-order valence-electron chi connectivity index (χ4n) is 3.21. The SMILES string of the molecule is Cc1cc(C(=O)N2CCCN(S(=O)(=O)c3ccc(Cl)c(Cl)c3)C2C(=O)NCCN)no1. The quantitative estimate of drug-likeness (QED) is 0.621. The van der Waals surface area contributed by atoms with Gasteiger partial charge in [0, 0.05) is 32.2 Å². The molecule has 3 N–H and O–H groups in total. The van der Waals surface area contributed by atoms with Crippen LogP contribution in [-0.4, -0.2) is 66.9 Å². The fourth-order valence-corrected chi connectivity index (χ4v) is 5.19. The van der Waals surface area contributed by atoms with Crippen molar-refractivity contribution < 1.29 is 22.5 Å². The number of nitrogens with one attached hydrogen (secondary N) is 1. The lowest BCUT2D eigenvalue weighted by Gasteiger charge is -2.41. The van der Waals surface area contributed by atoms with E-state index in [0.717, 1.165) is 9.21 Å². The number of halogens is 2. The van der Waals surface area contributed by atoms with E-state index >= 15 is 0 Å². The van der Waals surface area contributed by atoms with Crippen LogP contribution >= 0.6 is 23.2 Å². The Balaban J connectivity index is 2.03. The molecule has 10 nitrogen and oxygen atoms in total. The molecule has 2 aromatic rings. The second-order valence-corrected chi connectivity index (χ2v) is 9.52. The number of sulfonamides is 1. The van der Waals surface area contributed by atoms with Crippen LogP contribution in [0, 0.1) is 6.92 Å². The van der Waals surface area contributed by atoms with Crippen molar-refractivity contribution in [2.24, 2.45) is 5.73 Å². The number of amides is 2. The average Bonchev–Trinajstić information content (AvgIpc) is 3.19. The maximum Gasteiger partial charge on any atom is 0.277 e. The summed E-state index contributed by atoms with van der Waals surface area (Å²) < 4.78 is 32.7. The standard InChI is InChI=1S/C18H21Cl2N5O5S/c1-11-9-15(23-30-11)18(27)24-7-2-8-25(17(24)16(26)22-6-5-21)31(28,29)12-3-4-13(19)14(20)10-12/h3-4,9-10,17H,2,5-8,21H2,1H3,(H,22,26). The predicted octanol–water partition coefficient (Wildman–Crippen LogP) is 1.23. The van der Waals surface area contributed by atoms with Crippen LogP contribution in [0.25, 0.3) is 0 Å². The highest BCUT2D eigenvalue weighted by Crippen LogP contribution is 2.30. The number of nitrogens with two attached hydrogens (primary N) is 1. The normalized spacial score (nSPS) is 17.5. The summed E-state index contributed by atoms with van der Waals surface area (Å²) >= 11 is 11.9. The molecule has 1 fully saturated rings. The van der Waals surface area contributed by atoms with E-state index in [0.29, 0.717) is 12.2 Å². The number of aryl methyl sites for hydroxylation is 1. The van der Waals surface area contributed by atoms with Gasteiger partial charge in [-0.05, 0) is 31.5 Å². The maximum atomic E-state index is 13.4. The molecule has 1 aliphatic heterocycles. The van der Waals surface area contributed by atoms with Gasteiger partial charge in [-0.2, -0.15) is 4.31 Å². The molecule has 1 aliphatic rings. The monoisotopic (exact) mass is 489 g/mol. The number of carbonyl (C=O) groups excluding carboxylic acids is 2. The molecule has 31 heavy (non-hydrogen) atoms. The molecule has 2 amide bonds. The summed E-state index contributed by atoms with van der Waals surface area (Å²) in [5.74, 6) is -0.897. The van der Waals surface area contributed by atoms with Crippen LogP contribution in [0.3, 0.4) is 0 Å². The highest BCUT2D eigenvalue weighted by Gasteiger charge is 2.44. The summed E-state index contributed by atoms with van der Waals surface area (Å²) in [5, 5.41) is 6.50. The number of aromatic nitrogens is 1. The van der Waals surface area contributed by atoms with Gasteiger partial charge in [-0.3, -0.25) is 9.59 Å². The van der Waals surface area contributed by atoms with E-state index < -0.39 is 28.0 Å². The van der Waals surface area contributed by atoms with Crippen molar-refractivity contribution in [2.45, 2.75) is 24.4 Å². The molecule has 3 rings (SSSR count). The van der Waals surface area contributed by atoms with Crippen molar-refractivity contribution >= 4 is 45.0 Å². The maximum absolute atomic E-state index is 13.4. The largest absolute Gasteiger partial charge is 0.361 e. The van der Waals surface area contributed by atoms with Crippen LogP contribution in [0.5, 0.6) is 0 Å². The first kappa shape index (κ1) is 23.5. The number of carbonyl (C=O) groups is 2. The summed E-state index contributed by atoms with van der Waals surface area (Å²) in [6.07, 6.45) is -1.13. The van der Waals surface area contributed by atoms with Gasteiger partial charge in [0.1, 0.15) is 5.76 Å². The van der Waals surface area contributed by atoms with Crippen molar-refractivity contribution in [3.63, 3.8) is 0 Å². The van der Waals surface area contributed by atoms with E-state index in [1.807, 2.05) is 0 Å². The van der Waals surface area contributed by atoms with Gasteiger partial charge in [0.25, 0.3) is 11.8 Å². The van der Waals surface area contributed by atoms with Crippen molar-refractivity contribution in [1.82, 2.24) is 19.7 Å². The van der Waals surface area contributed by atoms with Crippen LogP contribution in [0.1, 0.15) is 22.7 Å². The van der Waals surface area contributed by atoms with E-state index in [4.69, 9.17) is 33.5 Å². The molecule has 0 bridgehead atoms. The van der Waals surface area contributed by atoms with Crippen LogP contribution in [-0.2, 0) is 14.8 Å². The number of benzene rings is 1. The lowest BCUT2D eigenvalue weighted by molar-refractivity contribution is -0.130. The van der Waals surface area contributed by atoms with Crippen molar-refractivity contribution in [3.8, 4) is 0 Å². The summed E-state index contributed by atoms with van der Waals surface area (Å²) in [4.78, 5) is 27.0. The first-order valence-corrected chi connectivity index (χ1v) is 11.6. The molecule has 0 spiro atoms. The number of hydrogen-bond donors (Lipinski definition) is 2. The summed E-state index contributed by atoms with van der Waals surface area (Å²) in [7, 11) is -4.20. The molecule has 0 radical (unpaired) electrons. The second kappa shape index (κ2) is 9.53. The molecule has 1 aromatic carbocycles. The zero-order valence-electron chi connectivity index (χ0n) is 16.5. The van der Waals surface area contributed by atoms with Gasteiger partial charge in [-0.1, -0.05) is 28.4 Å². The second-order valence-electron chi connectivity index (χ2n) is 6.82. The zero-order valence-corrected chi connectivity index (χ0v) is 18.9. The smallest absolute Gasteiger partial charge is 0.277 e. The highest BCUT2D eigenvalue weighted by molar-refractivity contribution is 7.89. The topological polar surface area (TPSA) is 139 Å². The molecule has 168 valence electrons. The van der Waals surface area contributed by atoms with E-state index in [-0.39, 0.29) is 46.8 Å². The zero-order chi connectivity index (χ0) is 22.8. The lowest BCUT2D eigenvalue weighted by atomic mass is 10.2. The number of hydrogen-bond acceptors (Lipinski definition) is 7. The molecule has 1 saturated heterocycles. The Morgan fingerprint density at radius 2 is 2.00 bits per heavy atom. The van der Waals surface area contributed by atoms with Gasteiger partial charge >= 0.3 is 0 Å². The first-order chi connectivity index (χ1) is 14.7. The van der Waals surface area contributed by atoms with Gasteiger partial charge in [0.05, 0.1) is 14.9 Å². The Morgan fingerprint density at radius 3 is 2.61 bits per heavy atom. The van der Waals surface area contributed by atoms with Crippen molar-refractivity contribution in [3.05, 3.63) is 45.8 Å². The average molecular weight is 490 g/mol. The third-order valence-electron chi connectivity index (χ3n) is 4.63. The van der Waals surface area contributed by atoms with Gasteiger partial charge < -0.3 is 20.5 Å². The minimum absolute atomic E-state index is 0.0188. The van der Waals surface area contributed by atoms with E-state index in [2.05, 4.69) is 10.5 Å². The summed E-state index contributed by atoms with van der Waals surface area (Å²) in [6.45, 7) is 2.05. The molecule has 1 unspecified atom stereocenters. The molecule has 2 heterocycles. The fraction of sp³-hybridized carbons (Fsp3) is 0.389.